The lowest BCUT2D eigenvalue weighted by molar-refractivity contribution is -0.150. The standard InChI is InChI=1S/C42H86NO3P/c1-4-7-10-13-16-17-18-19-20-21-24-29-36-43(37-30-31-38-44)40-47-39-32-25-28-35-42(45)46-41(33-26-22-14-11-8-5-2)34-27-23-15-12-9-6-3/h41,44,47H,4-40H2,1-3H3. The minimum absolute atomic E-state index is 0.0480. The number of nitrogens with zero attached hydrogens (tertiary/aromatic N) is 1. The zero-order valence-corrected chi connectivity index (χ0v) is 33.5. The number of rotatable bonds is 40. The van der Waals surface area contributed by atoms with E-state index >= 15 is 0 Å². The Kier molecular flexibility index (Phi) is 40.1. The molecule has 0 aliphatic heterocycles. The summed E-state index contributed by atoms with van der Waals surface area (Å²) in [6.45, 7) is 9.51. The Hall–Kier alpha value is -0.180. The van der Waals surface area contributed by atoms with Crippen molar-refractivity contribution in [1.29, 1.82) is 0 Å². The monoisotopic (exact) mass is 684 g/mol. The fourth-order valence-electron chi connectivity index (χ4n) is 6.64. The summed E-state index contributed by atoms with van der Waals surface area (Å²) in [4.78, 5) is 15.4. The third-order valence-electron chi connectivity index (χ3n) is 9.84. The van der Waals surface area contributed by atoms with Crippen LogP contribution in [-0.4, -0.2) is 54.2 Å². The second kappa shape index (κ2) is 40.3. The van der Waals surface area contributed by atoms with Crippen LogP contribution in [0.15, 0.2) is 0 Å². The molecule has 0 aromatic heterocycles. The number of hydrogen-bond donors (Lipinski definition) is 1. The lowest BCUT2D eigenvalue weighted by Gasteiger charge is -2.22. The van der Waals surface area contributed by atoms with Gasteiger partial charge < -0.3 is 9.84 Å². The number of ether oxygens (including phenoxy) is 1. The van der Waals surface area contributed by atoms with Gasteiger partial charge in [-0.1, -0.05) is 162 Å². The highest BCUT2D eigenvalue weighted by atomic mass is 31.1. The van der Waals surface area contributed by atoms with Gasteiger partial charge in [0.25, 0.3) is 0 Å². The molecule has 0 bridgehead atoms. The number of hydrogen-bond acceptors (Lipinski definition) is 4. The molecule has 0 aliphatic carbocycles. The molecule has 4 nitrogen and oxygen atoms in total. The van der Waals surface area contributed by atoms with Gasteiger partial charge in [-0.05, 0) is 77.0 Å². The SMILES string of the molecule is CCCCCCCCCCCCCCN(CCCCO)CPCCCCCC(=O)OC(CCCCCCCC)CCCCCCCC. The molecule has 47 heavy (non-hydrogen) atoms. The molecule has 5 heteroatoms. The molecule has 0 spiro atoms. The van der Waals surface area contributed by atoms with Crippen molar-refractivity contribution in [2.75, 3.05) is 32.1 Å². The van der Waals surface area contributed by atoms with Crippen LogP contribution in [-0.2, 0) is 9.53 Å². The van der Waals surface area contributed by atoms with Gasteiger partial charge in [0.1, 0.15) is 6.10 Å². The van der Waals surface area contributed by atoms with E-state index in [0.717, 1.165) is 53.7 Å². The number of aliphatic hydroxyl groups excluding tert-OH is 1. The van der Waals surface area contributed by atoms with Gasteiger partial charge in [0.15, 0.2) is 0 Å². The number of carbonyl (C=O) groups is 1. The minimum atomic E-state index is 0.0480. The van der Waals surface area contributed by atoms with Crippen LogP contribution < -0.4 is 0 Å². The van der Waals surface area contributed by atoms with Crippen molar-refractivity contribution in [3.63, 3.8) is 0 Å². The predicted octanol–water partition coefficient (Wildman–Crippen LogP) is 13.4. The summed E-state index contributed by atoms with van der Waals surface area (Å²) in [5.41, 5.74) is 0. The van der Waals surface area contributed by atoms with E-state index in [1.807, 2.05) is 0 Å². The predicted molar refractivity (Wildman–Crippen MR) is 211 cm³/mol. The molecule has 1 atom stereocenters. The largest absolute Gasteiger partial charge is 0.462 e. The van der Waals surface area contributed by atoms with Gasteiger partial charge >= 0.3 is 5.97 Å². The second-order valence-corrected chi connectivity index (χ2v) is 15.9. The zero-order chi connectivity index (χ0) is 34.3. The smallest absolute Gasteiger partial charge is 0.306 e. The summed E-state index contributed by atoms with van der Waals surface area (Å²) in [7, 11) is 0.983. The van der Waals surface area contributed by atoms with Crippen molar-refractivity contribution in [3.05, 3.63) is 0 Å². The van der Waals surface area contributed by atoms with Crippen molar-refractivity contribution in [1.82, 2.24) is 4.90 Å². The summed E-state index contributed by atoms with van der Waals surface area (Å²) < 4.78 is 6.05. The summed E-state index contributed by atoms with van der Waals surface area (Å²) in [5, 5.41) is 9.25. The minimum Gasteiger partial charge on any atom is -0.462 e. The van der Waals surface area contributed by atoms with Crippen LogP contribution >= 0.6 is 8.58 Å². The van der Waals surface area contributed by atoms with E-state index in [2.05, 4.69) is 25.7 Å². The lowest BCUT2D eigenvalue weighted by Crippen LogP contribution is -2.25. The summed E-state index contributed by atoms with van der Waals surface area (Å²) in [5.74, 6) is 0.0480. The fraction of sp³-hybridized carbons (Fsp3) is 0.976. The van der Waals surface area contributed by atoms with Crippen LogP contribution in [0.3, 0.4) is 0 Å². The molecular formula is C42H86NO3P. The molecule has 282 valence electrons. The normalized spacial score (nSPS) is 12.0. The molecule has 0 aromatic carbocycles. The highest BCUT2D eigenvalue weighted by Gasteiger charge is 2.14. The van der Waals surface area contributed by atoms with E-state index in [9.17, 15) is 9.90 Å². The number of esters is 1. The highest BCUT2D eigenvalue weighted by molar-refractivity contribution is 7.37. The molecule has 0 rings (SSSR count). The van der Waals surface area contributed by atoms with E-state index in [1.54, 1.807) is 0 Å². The van der Waals surface area contributed by atoms with E-state index in [-0.39, 0.29) is 12.1 Å². The average Bonchev–Trinajstić information content (AvgIpc) is 3.07. The van der Waals surface area contributed by atoms with Gasteiger partial charge in [0, 0.05) is 19.3 Å². The van der Waals surface area contributed by atoms with Crippen LogP contribution in [0.1, 0.15) is 226 Å². The van der Waals surface area contributed by atoms with Gasteiger partial charge in [-0.15, -0.1) is 8.58 Å². The van der Waals surface area contributed by atoms with Crippen LogP contribution in [0.2, 0.25) is 0 Å². The maximum atomic E-state index is 12.7. The molecule has 0 saturated heterocycles. The fourth-order valence-corrected chi connectivity index (χ4v) is 7.93. The summed E-state index contributed by atoms with van der Waals surface area (Å²) in [6, 6.07) is 0. The zero-order valence-electron chi connectivity index (χ0n) is 32.5. The van der Waals surface area contributed by atoms with Crippen LogP contribution in [0.5, 0.6) is 0 Å². The van der Waals surface area contributed by atoms with Crippen molar-refractivity contribution < 1.29 is 14.6 Å². The maximum Gasteiger partial charge on any atom is 0.306 e. The van der Waals surface area contributed by atoms with Crippen molar-refractivity contribution in [2.45, 2.75) is 232 Å². The molecular weight excluding hydrogens is 597 g/mol. The van der Waals surface area contributed by atoms with Crippen LogP contribution in [0, 0.1) is 0 Å². The molecule has 0 radical (unpaired) electrons. The Bertz CT molecular complexity index is 588. The third-order valence-corrected chi connectivity index (χ3v) is 11.2. The van der Waals surface area contributed by atoms with Crippen molar-refractivity contribution >= 4 is 14.6 Å². The molecule has 0 fully saturated rings. The Balaban J connectivity index is 4.09. The van der Waals surface area contributed by atoms with Crippen molar-refractivity contribution in [2.24, 2.45) is 0 Å². The first-order valence-corrected chi connectivity index (χ1v) is 22.8. The van der Waals surface area contributed by atoms with E-state index in [0.29, 0.717) is 13.0 Å². The maximum absolute atomic E-state index is 12.7. The van der Waals surface area contributed by atoms with E-state index < -0.39 is 0 Å². The number of carbonyl (C=O) groups excluding carboxylic acids is 1. The first kappa shape index (κ1) is 46.8. The molecule has 0 saturated carbocycles. The Morgan fingerprint density at radius 3 is 1.40 bits per heavy atom. The number of aliphatic hydroxyl groups is 1. The molecule has 0 aliphatic rings. The third kappa shape index (κ3) is 36.9. The molecule has 1 unspecified atom stereocenters. The summed E-state index contributed by atoms with van der Waals surface area (Å²) >= 11 is 0. The topological polar surface area (TPSA) is 49.8 Å². The van der Waals surface area contributed by atoms with Gasteiger partial charge in [-0.25, -0.2) is 0 Å². The highest BCUT2D eigenvalue weighted by Crippen LogP contribution is 2.20. The Morgan fingerprint density at radius 1 is 0.532 bits per heavy atom. The Morgan fingerprint density at radius 2 is 0.936 bits per heavy atom. The van der Waals surface area contributed by atoms with Gasteiger partial charge in [0.2, 0.25) is 0 Å². The van der Waals surface area contributed by atoms with Gasteiger partial charge in [-0.3, -0.25) is 9.69 Å². The molecule has 1 N–H and O–H groups in total. The molecule has 0 heterocycles. The lowest BCUT2D eigenvalue weighted by atomic mass is 10.0. The Labute approximate surface area is 297 Å². The van der Waals surface area contributed by atoms with Gasteiger partial charge in [0.05, 0.1) is 0 Å². The first-order chi connectivity index (χ1) is 23.2. The summed E-state index contributed by atoms with van der Waals surface area (Å²) in [6.07, 6.45) is 43.2. The number of unbranched alkanes of at least 4 members (excludes halogenated alkanes) is 24. The quantitative estimate of drug-likeness (QED) is 0.0397. The average molecular weight is 684 g/mol. The van der Waals surface area contributed by atoms with E-state index in [4.69, 9.17) is 4.74 Å². The van der Waals surface area contributed by atoms with Gasteiger partial charge in [-0.2, -0.15) is 0 Å². The molecule has 0 amide bonds. The second-order valence-electron chi connectivity index (χ2n) is 14.6. The van der Waals surface area contributed by atoms with Crippen LogP contribution in [0.4, 0.5) is 0 Å². The molecule has 0 aromatic rings. The first-order valence-electron chi connectivity index (χ1n) is 21.4. The van der Waals surface area contributed by atoms with Crippen molar-refractivity contribution in [3.8, 4) is 0 Å². The van der Waals surface area contributed by atoms with Crippen LogP contribution in [0.25, 0.3) is 0 Å². The van der Waals surface area contributed by atoms with E-state index in [1.165, 1.54) is 180 Å².